The number of rotatable bonds is 4. The third-order valence-corrected chi connectivity index (χ3v) is 2.19. The number of nitriles is 1. The van der Waals surface area contributed by atoms with Gasteiger partial charge in [0.25, 0.3) is 0 Å². The number of hydrogen-bond acceptors (Lipinski definition) is 4. The Morgan fingerprint density at radius 1 is 1.27 bits per heavy atom. The molecule has 0 radical (unpaired) electrons. The van der Waals surface area contributed by atoms with Gasteiger partial charge in [-0.2, -0.15) is 5.26 Å². The van der Waals surface area contributed by atoms with Gasteiger partial charge in [0.05, 0.1) is 19.1 Å². The predicted octanol–water partition coefficient (Wildman–Crippen LogP) is 0.139. The van der Waals surface area contributed by atoms with Gasteiger partial charge in [-0.05, 0) is 11.1 Å². The van der Waals surface area contributed by atoms with Gasteiger partial charge in [0.1, 0.15) is 12.2 Å². The summed E-state index contributed by atoms with van der Waals surface area (Å²) in [4.78, 5) is 0. The fourth-order valence-electron chi connectivity index (χ4n) is 1.38. The van der Waals surface area contributed by atoms with E-state index in [9.17, 15) is 10.2 Å². The maximum Gasteiger partial charge on any atom is 0.107 e. The number of nitrogens with zero attached hydrogens (tertiary/aromatic N) is 1. The molecule has 80 valence electrons. The summed E-state index contributed by atoms with van der Waals surface area (Å²) in [5, 5.41) is 36.3. The highest BCUT2D eigenvalue weighted by Gasteiger charge is 2.19. The Balaban J connectivity index is 2.97. The molecule has 0 fully saturated rings. The highest BCUT2D eigenvalue weighted by Crippen LogP contribution is 2.21. The maximum absolute atomic E-state index is 9.68. The van der Waals surface area contributed by atoms with Crippen molar-refractivity contribution in [2.45, 2.75) is 18.6 Å². The van der Waals surface area contributed by atoms with E-state index in [1.807, 2.05) is 6.07 Å². The Morgan fingerprint density at radius 3 is 2.53 bits per heavy atom. The van der Waals surface area contributed by atoms with Crippen molar-refractivity contribution in [3.05, 3.63) is 35.4 Å². The molecule has 0 aliphatic rings. The van der Waals surface area contributed by atoms with Gasteiger partial charge >= 0.3 is 0 Å². The minimum Gasteiger partial charge on any atom is -0.394 e. The molecule has 0 aliphatic carbocycles. The van der Waals surface area contributed by atoms with E-state index in [4.69, 9.17) is 10.4 Å². The van der Waals surface area contributed by atoms with Crippen molar-refractivity contribution in [1.82, 2.24) is 0 Å². The van der Waals surface area contributed by atoms with Gasteiger partial charge in [-0.25, -0.2) is 0 Å². The van der Waals surface area contributed by atoms with Crippen LogP contribution in [-0.4, -0.2) is 28.0 Å². The lowest BCUT2D eigenvalue weighted by atomic mass is 9.97. The third kappa shape index (κ3) is 2.77. The Hall–Kier alpha value is -1.41. The summed E-state index contributed by atoms with van der Waals surface area (Å²) in [6.45, 7) is -0.512. The molecule has 0 saturated carbocycles. The first-order chi connectivity index (χ1) is 7.20. The second kappa shape index (κ2) is 5.47. The van der Waals surface area contributed by atoms with E-state index in [1.165, 1.54) is 0 Å². The van der Waals surface area contributed by atoms with Gasteiger partial charge in [0.15, 0.2) is 0 Å². The molecule has 1 rings (SSSR count). The third-order valence-electron chi connectivity index (χ3n) is 2.19. The molecule has 3 N–H and O–H groups in total. The number of aliphatic hydroxyl groups excluding tert-OH is 3. The highest BCUT2D eigenvalue weighted by atomic mass is 16.4. The molecule has 2 unspecified atom stereocenters. The predicted molar refractivity (Wildman–Crippen MR) is 53.8 cm³/mol. The molecule has 0 saturated heterocycles. The van der Waals surface area contributed by atoms with Crippen LogP contribution in [0.4, 0.5) is 0 Å². The summed E-state index contributed by atoms with van der Waals surface area (Å²) in [6.07, 6.45) is -2.20. The van der Waals surface area contributed by atoms with Crippen LogP contribution in [0.15, 0.2) is 24.3 Å². The molecule has 4 heteroatoms. The first-order valence-electron chi connectivity index (χ1n) is 4.62. The Labute approximate surface area is 88.0 Å². The summed E-state index contributed by atoms with van der Waals surface area (Å²) in [5.41, 5.74) is 1.15. The summed E-state index contributed by atoms with van der Waals surface area (Å²) in [6, 6.07) is 8.80. The molecule has 0 aliphatic heterocycles. The molecule has 0 amide bonds. The summed E-state index contributed by atoms with van der Waals surface area (Å²) in [5.74, 6) is 0. The molecular weight excluding hydrogens is 194 g/mol. The summed E-state index contributed by atoms with van der Waals surface area (Å²) >= 11 is 0. The topological polar surface area (TPSA) is 84.5 Å². The van der Waals surface area contributed by atoms with Crippen LogP contribution in [0.5, 0.6) is 0 Å². The molecule has 0 heterocycles. The van der Waals surface area contributed by atoms with E-state index in [-0.39, 0.29) is 6.42 Å². The SMILES string of the molecule is N#CCc1ccccc1C(O)C(O)CO. The molecule has 15 heavy (non-hydrogen) atoms. The molecular formula is C11H13NO3. The first-order valence-corrected chi connectivity index (χ1v) is 4.62. The van der Waals surface area contributed by atoms with Crippen molar-refractivity contribution in [3.8, 4) is 6.07 Å². The zero-order valence-electron chi connectivity index (χ0n) is 8.17. The maximum atomic E-state index is 9.68. The van der Waals surface area contributed by atoms with Crippen LogP contribution in [0, 0.1) is 11.3 Å². The van der Waals surface area contributed by atoms with Gasteiger partial charge < -0.3 is 15.3 Å². The molecule has 0 spiro atoms. The van der Waals surface area contributed by atoms with Gasteiger partial charge in [-0.1, -0.05) is 24.3 Å². The largest absolute Gasteiger partial charge is 0.394 e. The number of hydrogen-bond donors (Lipinski definition) is 3. The van der Waals surface area contributed by atoms with E-state index >= 15 is 0 Å². The fourth-order valence-corrected chi connectivity index (χ4v) is 1.38. The van der Waals surface area contributed by atoms with Gasteiger partial charge in [-0.3, -0.25) is 0 Å². The van der Waals surface area contributed by atoms with Crippen molar-refractivity contribution in [2.24, 2.45) is 0 Å². The second-order valence-corrected chi connectivity index (χ2v) is 3.23. The van der Waals surface area contributed by atoms with Crippen LogP contribution in [-0.2, 0) is 6.42 Å². The van der Waals surface area contributed by atoms with E-state index in [2.05, 4.69) is 0 Å². The van der Waals surface area contributed by atoms with Crippen LogP contribution in [0.2, 0.25) is 0 Å². The number of aliphatic hydroxyl groups is 3. The van der Waals surface area contributed by atoms with Crippen LogP contribution in [0.1, 0.15) is 17.2 Å². The first kappa shape index (κ1) is 11.7. The molecule has 1 aromatic rings. The highest BCUT2D eigenvalue weighted by molar-refractivity contribution is 5.31. The lowest BCUT2D eigenvalue weighted by Gasteiger charge is -2.18. The zero-order valence-corrected chi connectivity index (χ0v) is 8.17. The van der Waals surface area contributed by atoms with E-state index < -0.39 is 18.8 Å². The fraction of sp³-hybridized carbons (Fsp3) is 0.364. The Kier molecular flexibility index (Phi) is 4.25. The van der Waals surface area contributed by atoms with Crippen molar-refractivity contribution < 1.29 is 15.3 Å². The normalized spacial score (nSPS) is 14.3. The van der Waals surface area contributed by atoms with Crippen LogP contribution >= 0.6 is 0 Å². The molecule has 0 bridgehead atoms. The van der Waals surface area contributed by atoms with E-state index in [0.717, 1.165) is 0 Å². The average Bonchev–Trinajstić information content (AvgIpc) is 2.28. The summed E-state index contributed by atoms with van der Waals surface area (Å²) < 4.78 is 0. The second-order valence-electron chi connectivity index (χ2n) is 3.23. The quantitative estimate of drug-likeness (QED) is 0.655. The zero-order chi connectivity index (χ0) is 11.3. The Morgan fingerprint density at radius 2 is 1.93 bits per heavy atom. The van der Waals surface area contributed by atoms with Crippen LogP contribution in [0.3, 0.4) is 0 Å². The lowest BCUT2D eigenvalue weighted by molar-refractivity contribution is -0.0156. The molecule has 0 aromatic heterocycles. The molecule has 1 aromatic carbocycles. The van der Waals surface area contributed by atoms with Crippen molar-refractivity contribution in [2.75, 3.05) is 6.61 Å². The Bertz CT molecular complexity index is 359. The van der Waals surface area contributed by atoms with Crippen LogP contribution in [0.25, 0.3) is 0 Å². The standard InChI is InChI=1S/C11H13NO3/c12-6-5-8-3-1-2-4-9(8)11(15)10(14)7-13/h1-4,10-11,13-15H,5,7H2. The summed E-state index contributed by atoms with van der Waals surface area (Å²) in [7, 11) is 0. The molecule has 2 atom stereocenters. The minimum atomic E-state index is -1.22. The average molecular weight is 207 g/mol. The number of benzene rings is 1. The van der Waals surface area contributed by atoms with Crippen molar-refractivity contribution in [1.29, 1.82) is 5.26 Å². The van der Waals surface area contributed by atoms with E-state index in [1.54, 1.807) is 24.3 Å². The van der Waals surface area contributed by atoms with Crippen molar-refractivity contribution in [3.63, 3.8) is 0 Å². The van der Waals surface area contributed by atoms with E-state index in [0.29, 0.717) is 11.1 Å². The smallest absolute Gasteiger partial charge is 0.107 e. The monoisotopic (exact) mass is 207 g/mol. The van der Waals surface area contributed by atoms with Gasteiger partial charge in [0, 0.05) is 0 Å². The minimum absolute atomic E-state index is 0.172. The van der Waals surface area contributed by atoms with Gasteiger partial charge in [0.2, 0.25) is 0 Å². The van der Waals surface area contributed by atoms with Crippen molar-refractivity contribution >= 4 is 0 Å². The lowest BCUT2D eigenvalue weighted by Crippen LogP contribution is -2.23. The molecule has 4 nitrogen and oxygen atoms in total. The van der Waals surface area contributed by atoms with Gasteiger partial charge in [-0.15, -0.1) is 0 Å². The van der Waals surface area contributed by atoms with Crippen LogP contribution < -0.4 is 0 Å².